The van der Waals surface area contributed by atoms with Gasteiger partial charge in [-0.3, -0.25) is 14.4 Å². The predicted molar refractivity (Wildman–Crippen MR) is 111 cm³/mol. The molecule has 0 N–H and O–H groups in total. The van der Waals surface area contributed by atoms with Gasteiger partial charge in [0, 0.05) is 18.8 Å². The lowest BCUT2D eigenvalue weighted by Crippen LogP contribution is -2.59. The SMILES string of the molecule is C=C1C[C@@H]2[C@H](CC[C@@]3(C)[C@H]2CC(=C)[C@]3(OC(C)=O)C(C)=O)C2(C)CCC(=O)C=C12. The van der Waals surface area contributed by atoms with Gasteiger partial charge in [-0.05, 0) is 79.4 Å². The Balaban J connectivity index is 1.79. The topological polar surface area (TPSA) is 60.4 Å². The zero-order valence-electron chi connectivity index (χ0n) is 18.1. The van der Waals surface area contributed by atoms with E-state index in [9.17, 15) is 14.4 Å². The van der Waals surface area contributed by atoms with Crippen LogP contribution >= 0.6 is 0 Å². The van der Waals surface area contributed by atoms with Gasteiger partial charge in [-0.2, -0.15) is 0 Å². The molecule has 0 aromatic rings. The molecule has 0 aromatic carbocycles. The standard InChI is InChI=1S/C25H32O4/c1-14-11-19-20(23(5)9-7-18(28)13-21(14)23)8-10-24(6)22(19)12-15(2)25(24,16(3)26)29-17(4)27/h13,19-20,22H,1-2,7-12H2,3-6H3/t19-,20+,22+,23?,24+,25+/m1/s1. The zero-order valence-corrected chi connectivity index (χ0v) is 18.1. The molecule has 4 nitrogen and oxygen atoms in total. The number of fused-ring (bicyclic) bond motifs is 5. The number of carbonyl (C=O) groups excluding carboxylic acids is 3. The van der Waals surface area contributed by atoms with E-state index in [-0.39, 0.29) is 22.9 Å². The van der Waals surface area contributed by atoms with Crippen molar-refractivity contribution in [3.05, 3.63) is 36.0 Å². The fourth-order valence-corrected chi connectivity index (χ4v) is 7.64. The summed E-state index contributed by atoms with van der Waals surface area (Å²) >= 11 is 0. The molecule has 1 unspecified atom stereocenters. The van der Waals surface area contributed by atoms with Gasteiger partial charge in [-0.1, -0.05) is 32.6 Å². The summed E-state index contributed by atoms with van der Waals surface area (Å²) in [7, 11) is 0. The van der Waals surface area contributed by atoms with Crippen molar-refractivity contribution in [3.63, 3.8) is 0 Å². The first-order chi connectivity index (χ1) is 13.5. The maximum absolute atomic E-state index is 12.9. The maximum atomic E-state index is 12.9. The van der Waals surface area contributed by atoms with Crippen LogP contribution in [0, 0.1) is 28.6 Å². The van der Waals surface area contributed by atoms with Gasteiger partial charge in [-0.15, -0.1) is 0 Å². The van der Waals surface area contributed by atoms with Crippen LogP contribution in [0.5, 0.6) is 0 Å². The molecular weight excluding hydrogens is 364 g/mol. The van der Waals surface area contributed by atoms with Crippen LogP contribution in [-0.2, 0) is 19.1 Å². The Morgan fingerprint density at radius 1 is 1.10 bits per heavy atom. The normalized spacial score (nSPS) is 43.8. The molecule has 0 spiro atoms. The second-order valence-electron chi connectivity index (χ2n) is 10.2. The summed E-state index contributed by atoms with van der Waals surface area (Å²) < 4.78 is 5.83. The third-order valence-electron chi connectivity index (χ3n) is 8.88. The fourth-order valence-electron chi connectivity index (χ4n) is 7.64. The summed E-state index contributed by atoms with van der Waals surface area (Å²) in [5.41, 5.74) is 1.22. The van der Waals surface area contributed by atoms with E-state index in [1.54, 1.807) is 0 Å². The summed E-state index contributed by atoms with van der Waals surface area (Å²) in [6.45, 7) is 15.9. The van der Waals surface area contributed by atoms with E-state index in [4.69, 9.17) is 4.74 Å². The minimum absolute atomic E-state index is 0.0422. The molecular formula is C25H32O4. The van der Waals surface area contributed by atoms with Crippen molar-refractivity contribution in [2.24, 2.45) is 28.6 Å². The van der Waals surface area contributed by atoms with Gasteiger partial charge in [0.15, 0.2) is 17.2 Å². The minimum Gasteiger partial charge on any atom is -0.446 e. The largest absolute Gasteiger partial charge is 0.446 e. The van der Waals surface area contributed by atoms with Crippen LogP contribution in [0.25, 0.3) is 0 Å². The van der Waals surface area contributed by atoms with Crippen molar-refractivity contribution >= 4 is 17.5 Å². The molecule has 4 rings (SSSR count). The van der Waals surface area contributed by atoms with Crippen molar-refractivity contribution in [2.75, 3.05) is 0 Å². The summed E-state index contributed by atoms with van der Waals surface area (Å²) in [5, 5.41) is 0. The van der Waals surface area contributed by atoms with E-state index < -0.39 is 17.0 Å². The Morgan fingerprint density at radius 3 is 2.41 bits per heavy atom. The summed E-state index contributed by atoms with van der Waals surface area (Å²) in [5.74, 6) is 0.665. The third-order valence-corrected chi connectivity index (χ3v) is 8.88. The Kier molecular flexibility index (Phi) is 4.39. The van der Waals surface area contributed by atoms with Crippen LogP contribution in [-0.4, -0.2) is 23.1 Å². The number of ether oxygens (including phenoxy) is 1. The average molecular weight is 397 g/mol. The molecule has 6 atom stereocenters. The molecule has 0 amide bonds. The first kappa shape index (κ1) is 20.3. The van der Waals surface area contributed by atoms with Gasteiger partial charge in [0.1, 0.15) is 0 Å². The number of Topliss-reactive ketones (excluding diaryl/α,β-unsaturated/α-hetero) is 1. The lowest BCUT2D eigenvalue weighted by molar-refractivity contribution is -0.181. The number of rotatable bonds is 2. The maximum Gasteiger partial charge on any atom is 0.303 e. The number of esters is 1. The van der Waals surface area contributed by atoms with Crippen LogP contribution in [0.15, 0.2) is 36.0 Å². The van der Waals surface area contributed by atoms with E-state index in [1.165, 1.54) is 13.8 Å². The van der Waals surface area contributed by atoms with Crippen molar-refractivity contribution in [1.82, 2.24) is 0 Å². The van der Waals surface area contributed by atoms with Gasteiger partial charge in [0.25, 0.3) is 0 Å². The first-order valence-electron chi connectivity index (χ1n) is 10.8. The van der Waals surface area contributed by atoms with Crippen LogP contribution in [0.3, 0.4) is 0 Å². The average Bonchev–Trinajstić information content (AvgIpc) is 2.85. The molecule has 0 bridgehead atoms. The monoisotopic (exact) mass is 396 g/mol. The third kappa shape index (κ3) is 2.47. The highest BCUT2D eigenvalue weighted by molar-refractivity contribution is 5.93. The van der Waals surface area contributed by atoms with Gasteiger partial charge >= 0.3 is 5.97 Å². The van der Waals surface area contributed by atoms with Crippen LogP contribution in [0.2, 0.25) is 0 Å². The highest BCUT2D eigenvalue weighted by atomic mass is 16.6. The highest BCUT2D eigenvalue weighted by Crippen LogP contribution is 2.69. The highest BCUT2D eigenvalue weighted by Gasteiger charge is 2.69. The van der Waals surface area contributed by atoms with E-state index >= 15 is 0 Å². The molecule has 29 heavy (non-hydrogen) atoms. The fraction of sp³-hybridized carbons (Fsp3) is 0.640. The van der Waals surface area contributed by atoms with Crippen molar-refractivity contribution < 1.29 is 19.1 Å². The zero-order chi connectivity index (χ0) is 21.4. The number of allylic oxidation sites excluding steroid dienone is 2. The Labute approximate surface area is 173 Å². The number of ketones is 2. The molecule has 0 heterocycles. The van der Waals surface area contributed by atoms with E-state index in [0.29, 0.717) is 24.7 Å². The lowest BCUT2D eigenvalue weighted by Gasteiger charge is -2.59. The quantitative estimate of drug-likeness (QED) is 0.500. The molecule has 0 radical (unpaired) electrons. The summed E-state index contributed by atoms with van der Waals surface area (Å²) in [6, 6.07) is 0. The van der Waals surface area contributed by atoms with Crippen LogP contribution < -0.4 is 0 Å². The van der Waals surface area contributed by atoms with Crippen molar-refractivity contribution in [2.45, 2.75) is 71.8 Å². The lowest BCUT2D eigenvalue weighted by atomic mass is 9.45. The summed E-state index contributed by atoms with van der Waals surface area (Å²) in [6.07, 6.45) is 6.60. The van der Waals surface area contributed by atoms with Crippen LogP contribution in [0.4, 0.5) is 0 Å². The second-order valence-corrected chi connectivity index (χ2v) is 10.2. The first-order valence-corrected chi connectivity index (χ1v) is 10.8. The second kappa shape index (κ2) is 6.26. The molecule has 4 heteroatoms. The van der Waals surface area contributed by atoms with E-state index in [2.05, 4.69) is 27.0 Å². The Hall–Kier alpha value is -1.97. The smallest absolute Gasteiger partial charge is 0.303 e. The summed E-state index contributed by atoms with van der Waals surface area (Å²) in [4.78, 5) is 37.0. The molecule has 3 fully saturated rings. The van der Waals surface area contributed by atoms with Gasteiger partial charge in [0.05, 0.1) is 0 Å². The van der Waals surface area contributed by atoms with Crippen LogP contribution in [0.1, 0.15) is 66.2 Å². The van der Waals surface area contributed by atoms with Crippen molar-refractivity contribution in [1.29, 1.82) is 0 Å². The molecule has 0 aromatic heterocycles. The van der Waals surface area contributed by atoms with Gasteiger partial charge in [-0.25, -0.2) is 0 Å². The number of hydrogen-bond donors (Lipinski definition) is 0. The number of hydrogen-bond acceptors (Lipinski definition) is 4. The molecule has 4 aliphatic carbocycles. The van der Waals surface area contributed by atoms with Crippen molar-refractivity contribution in [3.8, 4) is 0 Å². The molecule has 0 aliphatic heterocycles. The van der Waals surface area contributed by atoms with E-state index in [1.807, 2.05) is 6.08 Å². The molecule has 0 saturated heterocycles. The molecule has 3 saturated carbocycles. The van der Waals surface area contributed by atoms with E-state index in [0.717, 1.165) is 42.4 Å². The Morgan fingerprint density at radius 2 is 1.79 bits per heavy atom. The molecule has 4 aliphatic rings. The molecule has 156 valence electrons. The predicted octanol–water partition coefficient (Wildman–Crippen LogP) is 4.74. The number of carbonyl (C=O) groups is 3. The van der Waals surface area contributed by atoms with Gasteiger partial charge in [0.2, 0.25) is 0 Å². The van der Waals surface area contributed by atoms with Gasteiger partial charge < -0.3 is 4.74 Å². The minimum atomic E-state index is -1.23. The Bertz CT molecular complexity index is 879.